The zero-order chi connectivity index (χ0) is 16.4. The first-order chi connectivity index (χ1) is 11.1. The predicted molar refractivity (Wildman–Crippen MR) is 92.5 cm³/mol. The monoisotopic (exact) mass is 308 g/mol. The molecular weight excluding hydrogens is 288 g/mol. The van der Waals surface area contributed by atoms with Crippen molar-refractivity contribution in [2.24, 2.45) is 0 Å². The van der Waals surface area contributed by atoms with E-state index >= 15 is 0 Å². The molecule has 1 heterocycles. The van der Waals surface area contributed by atoms with Crippen molar-refractivity contribution in [3.8, 4) is 0 Å². The van der Waals surface area contributed by atoms with E-state index in [1.165, 1.54) is 5.56 Å². The lowest BCUT2D eigenvalue weighted by Crippen LogP contribution is -2.13. The SMILES string of the molecule is CC(C)c1ccc([C@@H](C[N+](=O)[O-])c2c[nH]c3ccccc23)cc1. The summed E-state index contributed by atoms with van der Waals surface area (Å²) in [6.07, 6.45) is 1.90. The molecule has 0 fully saturated rings. The summed E-state index contributed by atoms with van der Waals surface area (Å²) >= 11 is 0. The Kier molecular flexibility index (Phi) is 4.15. The molecule has 2 aromatic carbocycles. The third-order valence-electron chi connectivity index (χ3n) is 4.33. The van der Waals surface area contributed by atoms with Crippen molar-refractivity contribution in [3.05, 3.63) is 81.5 Å². The largest absolute Gasteiger partial charge is 0.361 e. The molecule has 0 spiro atoms. The number of benzene rings is 2. The van der Waals surface area contributed by atoms with Crippen molar-refractivity contribution in [3.63, 3.8) is 0 Å². The summed E-state index contributed by atoms with van der Waals surface area (Å²) in [5.74, 6) is 0.202. The number of nitrogens with zero attached hydrogens (tertiary/aromatic N) is 1. The second kappa shape index (κ2) is 6.24. The lowest BCUT2D eigenvalue weighted by atomic mass is 9.89. The van der Waals surface area contributed by atoms with E-state index in [4.69, 9.17) is 0 Å². The molecule has 1 aromatic heterocycles. The van der Waals surface area contributed by atoms with Crippen molar-refractivity contribution in [2.75, 3.05) is 6.54 Å². The Bertz CT molecular complexity index is 819. The molecule has 0 amide bonds. The maximum atomic E-state index is 11.2. The summed E-state index contributed by atoms with van der Waals surface area (Å²) < 4.78 is 0. The second-order valence-electron chi connectivity index (χ2n) is 6.18. The Morgan fingerprint density at radius 3 is 2.35 bits per heavy atom. The summed E-state index contributed by atoms with van der Waals surface area (Å²) in [6.45, 7) is 4.18. The lowest BCUT2D eigenvalue weighted by Gasteiger charge is -2.14. The van der Waals surface area contributed by atoms with Gasteiger partial charge >= 0.3 is 0 Å². The number of hydrogen-bond acceptors (Lipinski definition) is 2. The highest BCUT2D eigenvalue weighted by Gasteiger charge is 2.23. The number of hydrogen-bond donors (Lipinski definition) is 1. The minimum atomic E-state index is -0.248. The number of nitro groups is 1. The molecule has 0 bridgehead atoms. The normalized spacial score (nSPS) is 12.7. The number of aromatic amines is 1. The Labute approximate surface area is 135 Å². The van der Waals surface area contributed by atoms with Crippen LogP contribution < -0.4 is 0 Å². The standard InChI is InChI=1S/C19H20N2O2/c1-13(2)14-7-9-15(10-8-14)18(12-21(22)23)17-11-20-19-6-4-3-5-16(17)19/h3-11,13,18,20H,12H2,1-2H3/t18-/m1/s1. The molecule has 0 aliphatic carbocycles. The van der Waals surface area contributed by atoms with Gasteiger partial charge in [0.05, 0.1) is 5.92 Å². The molecule has 0 radical (unpaired) electrons. The van der Waals surface area contributed by atoms with Crippen LogP contribution in [0, 0.1) is 10.1 Å². The van der Waals surface area contributed by atoms with Gasteiger partial charge in [0, 0.05) is 22.0 Å². The molecule has 23 heavy (non-hydrogen) atoms. The van der Waals surface area contributed by atoms with Gasteiger partial charge in [-0.15, -0.1) is 0 Å². The van der Waals surface area contributed by atoms with E-state index in [1.54, 1.807) is 0 Å². The predicted octanol–water partition coefficient (Wildman–Crippen LogP) is 4.70. The van der Waals surface area contributed by atoms with Crippen molar-refractivity contribution >= 4 is 10.9 Å². The van der Waals surface area contributed by atoms with Gasteiger partial charge in [0.15, 0.2) is 0 Å². The summed E-state index contributed by atoms with van der Waals surface area (Å²) in [7, 11) is 0. The molecule has 0 unspecified atom stereocenters. The molecule has 4 heteroatoms. The number of fused-ring (bicyclic) bond motifs is 1. The number of H-pyrrole nitrogens is 1. The molecule has 4 nitrogen and oxygen atoms in total. The van der Waals surface area contributed by atoms with Gasteiger partial charge in [-0.05, 0) is 28.7 Å². The van der Waals surface area contributed by atoms with Gasteiger partial charge in [-0.1, -0.05) is 56.3 Å². The van der Waals surface area contributed by atoms with Gasteiger partial charge < -0.3 is 4.98 Å². The number of nitrogens with one attached hydrogen (secondary N) is 1. The van der Waals surface area contributed by atoms with E-state index in [2.05, 4.69) is 31.0 Å². The zero-order valence-corrected chi connectivity index (χ0v) is 13.3. The van der Waals surface area contributed by atoms with E-state index in [1.807, 2.05) is 42.6 Å². The Morgan fingerprint density at radius 1 is 1.04 bits per heavy atom. The molecule has 1 atom stereocenters. The molecule has 0 saturated heterocycles. The van der Waals surface area contributed by atoms with Crippen LogP contribution in [0.25, 0.3) is 10.9 Å². The van der Waals surface area contributed by atoms with Gasteiger partial charge in [0.2, 0.25) is 6.54 Å². The van der Waals surface area contributed by atoms with Crippen molar-refractivity contribution in [2.45, 2.75) is 25.7 Å². The molecule has 1 N–H and O–H groups in total. The smallest absolute Gasteiger partial charge is 0.214 e. The van der Waals surface area contributed by atoms with Gasteiger partial charge in [0.1, 0.15) is 0 Å². The van der Waals surface area contributed by atoms with Gasteiger partial charge in [-0.3, -0.25) is 10.1 Å². The maximum absolute atomic E-state index is 11.2. The van der Waals surface area contributed by atoms with E-state index < -0.39 is 0 Å². The van der Waals surface area contributed by atoms with Crippen molar-refractivity contribution in [1.29, 1.82) is 0 Å². The number of rotatable bonds is 5. The lowest BCUT2D eigenvalue weighted by molar-refractivity contribution is -0.481. The Balaban J connectivity index is 2.05. The fourth-order valence-corrected chi connectivity index (χ4v) is 3.03. The van der Waals surface area contributed by atoms with Crippen LogP contribution in [0.3, 0.4) is 0 Å². The van der Waals surface area contributed by atoms with Crippen molar-refractivity contribution < 1.29 is 4.92 Å². The second-order valence-corrected chi connectivity index (χ2v) is 6.18. The third kappa shape index (κ3) is 3.11. The van der Waals surface area contributed by atoms with Crippen LogP contribution in [-0.4, -0.2) is 16.5 Å². The van der Waals surface area contributed by atoms with Crippen LogP contribution in [0.1, 0.15) is 42.4 Å². The van der Waals surface area contributed by atoms with Gasteiger partial charge in [-0.2, -0.15) is 0 Å². The average molecular weight is 308 g/mol. The van der Waals surface area contributed by atoms with Gasteiger partial charge in [0.25, 0.3) is 0 Å². The summed E-state index contributed by atoms with van der Waals surface area (Å²) in [5, 5.41) is 12.2. The van der Waals surface area contributed by atoms with E-state index in [-0.39, 0.29) is 17.4 Å². The third-order valence-corrected chi connectivity index (χ3v) is 4.33. The number of para-hydroxylation sites is 1. The quantitative estimate of drug-likeness (QED) is 0.548. The minimum absolute atomic E-state index is 0.108. The number of aromatic nitrogens is 1. The highest BCUT2D eigenvalue weighted by molar-refractivity contribution is 5.84. The Hall–Kier alpha value is -2.62. The van der Waals surface area contributed by atoms with Gasteiger partial charge in [-0.25, -0.2) is 0 Å². The van der Waals surface area contributed by atoms with E-state index in [0.717, 1.165) is 22.0 Å². The topological polar surface area (TPSA) is 58.9 Å². The van der Waals surface area contributed by atoms with Crippen LogP contribution in [0.2, 0.25) is 0 Å². The summed E-state index contributed by atoms with van der Waals surface area (Å²) in [6, 6.07) is 16.1. The fourth-order valence-electron chi connectivity index (χ4n) is 3.03. The van der Waals surface area contributed by atoms with Crippen LogP contribution in [0.15, 0.2) is 54.7 Å². The first kappa shape index (κ1) is 15.3. The van der Waals surface area contributed by atoms with Crippen LogP contribution in [0.5, 0.6) is 0 Å². The molecule has 3 aromatic rings. The summed E-state index contributed by atoms with van der Waals surface area (Å²) in [5.41, 5.74) is 4.22. The zero-order valence-electron chi connectivity index (χ0n) is 13.3. The van der Waals surface area contributed by atoms with Crippen molar-refractivity contribution in [1.82, 2.24) is 4.98 Å². The average Bonchev–Trinajstić information content (AvgIpc) is 2.96. The Morgan fingerprint density at radius 2 is 1.70 bits per heavy atom. The van der Waals surface area contributed by atoms with E-state index in [0.29, 0.717) is 5.92 Å². The first-order valence-electron chi connectivity index (χ1n) is 7.84. The molecule has 0 saturated carbocycles. The van der Waals surface area contributed by atoms with Crippen LogP contribution in [0.4, 0.5) is 0 Å². The van der Waals surface area contributed by atoms with Crippen LogP contribution in [-0.2, 0) is 0 Å². The molecule has 118 valence electrons. The summed E-state index contributed by atoms with van der Waals surface area (Å²) in [4.78, 5) is 14.2. The maximum Gasteiger partial charge on any atom is 0.214 e. The highest BCUT2D eigenvalue weighted by atomic mass is 16.6. The molecule has 0 aliphatic heterocycles. The van der Waals surface area contributed by atoms with Crippen LogP contribution >= 0.6 is 0 Å². The first-order valence-corrected chi connectivity index (χ1v) is 7.84. The molecule has 0 aliphatic rings. The highest BCUT2D eigenvalue weighted by Crippen LogP contribution is 2.31. The fraction of sp³-hybridized carbons (Fsp3) is 0.263. The molecule has 3 rings (SSSR count). The van der Waals surface area contributed by atoms with E-state index in [9.17, 15) is 10.1 Å². The minimum Gasteiger partial charge on any atom is -0.361 e. The molecular formula is C19H20N2O2.